The van der Waals surface area contributed by atoms with Gasteiger partial charge in [-0.15, -0.1) is 0 Å². The van der Waals surface area contributed by atoms with E-state index in [1.54, 1.807) is 7.11 Å². The summed E-state index contributed by atoms with van der Waals surface area (Å²) in [5.41, 5.74) is 0. The molecular weight excluding hydrogens is 200 g/mol. The molecule has 1 aliphatic heterocycles. The van der Waals surface area contributed by atoms with Gasteiger partial charge in [0.25, 0.3) is 0 Å². The van der Waals surface area contributed by atoms with Crippen LogP contribution >= 0.6 is 11.6 Å². The summed E-state index contributed by atoms with van der Waals surface area (Å²) in [7, 11) is 1.72. The van der Waals surface area contributed by atoms with Gasteiger partial charge in [0.1, 0.15) is 0 Å². The van der Waals surface area contributed by atoms with E-state index in [-0.39, 0.29) is 0 Å². The summed E-state index contributed by atoms with van der Waals surface area (Å²) in [5, 5.41) is 0.693. The minimum absolute atomic E-state index is 0.452. The fourth-order valence-corrected chi connectivity index (χ4v) is 2.74. The molecule has 14 heavy (non-hydrogen) atoms. The number of halogens is 1. The van der Waals surface area contributed by atoms with Crippen LogP contribution in [-0.4, -0.2) is 42.5 Å². The van der Waals surface area contributed by atoms with E-state index in [1.807, 2.05) is 0 Å². The van der Waals surface area contributed by atoms with E-state index in [0.29, 0.717) is 17.4 Å². The van der Waals surface area contributed by atoms with Gasteiger partial charge in [-0.1, -0.05) is 12.8 Å². The van der Waals surface area contributed by atoms with Crippen LogP contribution < -0.4 is 0 Å². The Morgan fingerprint density at radius 1 is 1.50 bits per heavy atom. The Labute approximate surface area is 90.1 Å². The molecule has 1 saturated carbocycles. The second kappa shape index (κ2) is 4.49. The predicted molar refractivity (Wildman–Crippen MR) is 57.9 cm³/mol. The van der Waals surface area contributed by atoms with Crippen molar-refractivity contribution < 1.29 is 4.74 Å². The van der Waals surface area contributed by atoms with Crippen molar-refractivity contribution in [2.75, 3.05) is 20.3 Å². The van der Waals surface area contributed by atoms with Crippen molar-refractivity contribution in [3.63, 3.8) is 0 Å². The van der Waals surface area contributed by atoms with Crippen molar-refractivity contribution in [2.24, 2.45) is 4.99 Å². The molecule has 0 bridgehead atoms. The minimum Gasteiger partial charge on any atom is -0.383 e. The van der Waals surface area contributed by atoms with Gasteiger partial charge < -0.3 is 9.64 Å². The van der Waals surface area contributed by atoms with E-state index in [4.69, 9.17) is 16.3 Å². The molecule has 0 N–H and O–H groups in total. The summed E-state index contributed by atoms with van der Waals surface area (Å²) in [6.45, 7) is 1.61. The zero-order chi connectivity index (χ0) is 9.97. The van der Waals surface area contributed by atoms with E-state index < -0.39 is 0 Å². The molecule has 1 aliphatic carbocycles. The van der Waals surface area contributed by atoms with E-state index in [0.717, 1.165) is 13.2 Å². The molecule has 0 saturated heterocycles. The Kier molecular flexibility index (Phi) is 3.29. The summed E-state index contributed by atoms with van der Waals surface area (Å²) in [6.07, 6.45) is 5.04. The Morgan fingerprint density at radius 2 is 2.29 bits per heavy atom. The molecule has 0 aromatic carbocycles. The Hall–Kier alpha value is -0.280. The standard InChI is InChI=1S/C10H17ClN2O/c1-14-7-6-13-9-5-3-2-4-8(9)12-10(13)11/h8-9H,2-7H2,1H3/t8-,9-/m1/s1. The topological polar surface area (TPSA) is 24.8 Å². The first-order chi connectivity index (χ1) is 6.83. The molecule has 80 valence electrons. The van der Waals surface area contributed by atoms with Gasteiger partial charge in [0.05, 0.1) is 18.7 Å². The molecule has 2 rings (SSSR count). The fourth-order valence-electron chi connectivity index (χ4n) is 2.40. The minimum atomic E-state index is 0.452. The molecule has 4 heteroatoms. The number of nitrogens with zero attached hydrogens (tertiary/aromatic N) is 2. The number of rotatable bonds is 3. The third-order valence-electron chi connectivity index (χ3n) is 3.14. The van der Waals surface area contributed by atoms with Gasteiger partial charge in [-0.05, 0) is 24.4 Å². The van der Waals surface area contributed by atoms with Crippen LogP contribution in [0.3, 0.4) is 0 Å². The largest absolute Gasteiger partial charge is 0.383 e. The van der Waals surface area contributed by atoms with Gasteiger partial charge in [0, 0.05) is 13.7 Å². The number of hydrogen-bond acceptors (Lipinski definition) is 3. The smallest absolute Gasteiger partial charge is 0.194 e. The normalized spacial score (nSPS) is 31.6. The molecule has 1 heterocycles. The van der Waals surface area contributed by atoms with Gasteiger partial charge in [-0.2, -0.15) is 0 Å². The molecule has 0 radical (unpaired) electrons. The van der Waals surface area contributed by atoms with E-state index >= 15 is 0 Å². The average molecular weight is 217 g/mol. The maximum Gasteiger partial charge on any atom is 0.194 e. The van der Waals surface area contributed by atoms with Crippen molar-refractivity contribution in [1.82, 2.24) is 4.90 Å². The van der Waals surface area contributed by atoms with Crippen LogP contribution in [0.25, 0.3) is 0 Å². The summed E-state index contributed by atoms with van der Waals surface area (Å²) >= 11 is 6.11. The molecule has 0 amide bonds. The van der Waals surface area contributed by atoms with Crippen LogP contribution in [0, 0.1) is 0 Å². The Balaban J connectivity index is 1.98. The molecule has 3 nitrogen and oxygen atoms in total. The first-order valence-electron chi connectivity index (χ1n) is 5.32. The summed E-state index contributed by atoms with van der Waals surface area (Å²) < 4.78 is 5.08. The maximum absolute atomic E-state index is 6.11. The quantitative estimate of drug-likeness (QED) is 0.673. The lowest BCUT2D eigenvalue weighted by Crippen LogP contribution is -2.41. The molecule has 0 unspecified atom stereocenters. The number of amidine groups is 1. The molecular formula is C10H17ClN2O. The average Bonchev–Trinajstić information content (AvgIpc) is 2.51. The van der Waals surface area contributed by atoms with Crippen LogP contribution in [-0.2, 0) is 4.74 Å². The van der Waals surface area contributed by atoms with Crippen molar-refractivity contribution in [3.05, 3.63) is 0 Å². The highest BCUT2D eigenvalue weighted by Crippen LogP contribution is 2.31. The highest BCUT2D eigenvalue weighted by atomic mass is 35.5. The molecule has 0 spiro atoms. The summed E-state index contributed by atoms with van der Waals surface area (Å²) in [4.78, 5) is 6.70. The lowest BCUT2D eigenvalue weighted by molar-refractivity contribution is 0.153. The monoisotopic (exact) mass is 216 g/mol. The van der Waals surface area contributed by atoms with E-state index in [1.165, 1.54) is 25.7 Å². The van der Waals surface area contributed by atoms with Gasteiger partial charge in [-0.3, -0.25) is 4.99 Å². The number of fused-ring (bicyclic) bond motifs is 1. The van der Waals surface area contributed by atoms with Crippen LogP contribution in [0.2, 0.25) is 0 Å². The van der Waals surface area contributed by atoms with Crippen LogP contribution in [0.5, 0.6) is 0 Å². The van der Waals surface area contributed by atoms with Crippen molar-refractivity contribution in [2.45, 2.75) is 37.8 Å². The molecule has 0 aromatic heterocycles. The SMILES string of the molecule is COCCN1C(Cl)=N[C@@H]2CCCC[C@H]21. The van der Waals surface area contributed by atoms with E-state index in [2.05, 4.69) is 9.89 Å². The first-order valence-corrected chi connectivity index (χ1v) is 5.69. The van der Waals surface area contributed by atoms with Gasteiger partial charge >= 0.3 is 0 Å². The van der Waals surface area contributed by atoms with Crippen molar-refractivity contribution in [3.8, 4) is 0 Å². The maximum atomic E-state index is 6.11. The first kappa shape index (κ1) is 10.2. The highest BCUT2D eigenvalue weighted by molar-refractivity contribution is 6.64. The van der Waals surface area contributed by atoms with Crippen molar-refractivity contribution in [1.29, 1.82) is 0 Å². The Morgan fingerprint density at radius 3 is 3.07 bits per heavy atom. The Bertz CT molecular complexity index is 232. The van der Waals surface area contributed by atoms with Crippen molar-refractivity contribution >= 4 is 16.9 Å². The zero-order valence-electron chi connectivity index (χ0n) is 8.58. The summed E-state index contributed by atoms with van der Waals surface area (Å²) in [6, 6.07) is 1.000. The third-order valence-corrected chi connectivity index (χ3v) is 3.45. The van der Waals surface area contributed by atoms with Gasteiger partial charge in [0.15, 0.2) is 5.29 Å². The molecule has 2 atom stereocenters. The lowest BCUT2D eigenvalue weighted by atomic mass is 9.91. The highest BCUT2D eigenvalue weighted by Gasteiger charge is 2.36. The molecule has 2 aliphatic rings. The number of aliphatic imine (C=N–C) groups is 1. The van der Waals surface area contributed by atoms with Gasteiger partial charge in [-0.25, -0.2) is 0 Å². The zero-order valence-corrected chi connectivity index (χ0v) is 9.33. The predicted octanol–water partition coefficient (Wildman–Crippen LogP) is 1.85. The van der Waals surface area contributed by atoms with Gasteiger partial charge in [0.2, 0.25) is 0 Å². The second-order valence-electron chi connectivity index (χ2n) is 4.00. The lowest BCUT2D eigenvalue weighted by Gasteiger charge is -2.31. The van der Waals surface area contributed by atoms with Crippen LogP contribution in [0.1, 0.15) is 25.7 Å². The second-order valence-corrected chi connectivity index (χ2v) is 4.34. The number of hydrogen-bond donors (Lipinski definition) is 0. The molecule has 0 aromatic rings. The fraction of sp³-hybridized carbons (Fsp3) is 0.900. The number of methoxy groups -OCH3 is 1. The van der Waals surface area contributed by atoms with E-state index in [9.17, 15) is 0 Å². The number of ether oxygens (including phenoxy) is 1. The van der Waals surface area contributed by atoms with Crippen LogP contribution in [0.4, 0.5) is 0 Å². The van der Waals surface area contributed by atoms with Crippen LogP contribution in [0.15, 0.2) is 4.99 Å². The third kappa shape index (κ3) is 1.89. The summed E-state index contributed by atoms with van der Waals surface area (Å²) in [5.74, 6) is 0. The molecule has 1 fully saturated rings.